The van der Waals surface area contributed by atoms with E-state index >= 15 is 0 Å². The molecular formula is C23H24N2O2S. The lowest BCUT2D eigenvalue weighted by atomic mass is 10.0. The van der Waals surface area contributed by atoms with Crippen LogP contribution in [0.2, 0.25) is 0 Å². The third-order valence-corrected chi connectivity index (χ3v) is 5.83. The summed E-state index contributed by atoms with van der Waals surface area (Å²) in [5.41, 5.74) is 4.21. The Morgan fingerprint density at radius 2 is 1.71 bits per heavy atom. The molecule has 1 aliphatic rings. The quantitative estimate of drug-likeness (QED) is 0.683. The molecular weight excluding hydrogens is 368 g/mol. The van der Waals surface area contributed by atoms with Crippen LogP contribution in [0.25, 0.3) is 11.1 Å². The number of thiophene rings is 1. The summed E-state index contributed by atoms with van der Waals surface area (Å²) in [6, 6.07) is 20.3. The van der Waals surface area contributed by atoms with Crippen LogP contribution in [-0.4, -0.2) is 43.7 Å². The normalized spacial score (nSPS) is 15.9. The molecule has 2 aromatic carbocycles. The lowest BCUT2D eigenvalue weighted by Crippen LogP contribution is -2.43. The maximum Gasteiger partial charge on any atom is 0.251 e. The average Bonchev–Trinajstić information content (AvgIpc) is 3.30. The highest BCUT2D eigenvalue weighted by atomic mass is 32.1. The van der Waals surface area contributed by atoms with E-state index in [0.717, 1.165) is 37.4 Å². The summed E-state index contributed by atoms with van der Waals surface area (Å²) in [4.78, 5) is 15.1. The maximum absolute atomic E-state index is 12.7. The van der Waals surface area contributed by atoms with E-state index in [4.69, 9.17) is 4.74 Å². The van der Waals surface area contributed by atoms with Gasteiger partial charge in [0.05, 0.1) is 19.3 Å². The van der Waals surface area contributed by atoms with Crippen molar-refractivity contribution in [3.05, 3.63) is 82.6 Å². The molecule has 4 nitrogen and oxygen atoms in total. The molecule has 0 aliphatic carbocycles. The van der Waals surface area contributed by atoms with E-state index in [9.17, 15) is 4.79 Å². The number of ether oxygens (including phenoxy) is 1. The molecule has 4 rings (SSSR count). The first-order valence-corrected chi connectivity index (χ1v) is 10.5. The Morgan fingerprint density at radius 3 is 2.39 bits per heavy atom. The van der Waals surface area contributed by atoms with Gasteiger partial charge in [-0.05, 0) is 45.6 Å². The van der Waals surface area contributed by atoms with Crippen molar-refractivity contribution in [1.82, 2.24) is 10.2 Å². The fourth-order valence-electron chi connectivity index (χ4n) is 3.55. The zero-order valence-corrected chi connectivity index (χ0v) is 16.5. The fraction of sp³-hybridized carbons (Fsp3) is 0.261. The first-order valence-electron chi connectivity index (χ1n) is 9.59. The van der Waals surface area contributed by atoms with Crippen LogP contribution in [-0.2, 0) is 4.74 Å². The van der Waals surface area contributed by atoms with Gasteiger partial charge in [0.25, 0.3) is 5.91 Å². The minimum atomic E-state index is -0.0342. The number of rotatable bonds is 6. The van der Waals surface area contributed by atoms with Crippen molar-refractivity contribution < 1.29 is 9.53 Å². The smallest absolute Gasteiger partial charge is 0.251 e. The Labute approximate surface area is 169 Å². The summed E-state index contributed by atoms with van der Waals surface area (Å²) < 4.78 is 5.48. The van der Waals surface area contributed by atoms with Crippen LogP contribution >= 0.6 is 11.3 Å². The van der Waals surface area contributed by atoms with Gasteiger partial charge in [-0.15, -0.1) is 0 Å². The van der Waals surface area contributed by atoms with E-state index in [1.54, 1.807) is 11.3 Å². The molecule has 1 fully saturated rings. The fourth-order valence-corrected chi connectivity index (χ4v) is 4.25. The SMILES string of the molecule is O=C(NCC(c1ccsc1)N1CCOCC1)c1ccc(-c2ccccc2)cc1. The molecule has 144 valence electrons. The molecule has 1 atom stereocenters. The van der Waals surface area contributed by atoms with Crippen LogP contribution in [0.1, 0.15) is 22.0 Å². The molecule has 1 unspecified atom stereocenters. The Kier molecular flexibility index (Phi) is 6.17. The highest BCUT2D eigenvalue weighted by molar-refractivity contribution is 7.07. The van der Waals surface area contributed by atoms with E-state index in [1.807, 2.05) is 42.5 Å². The Morgan fingerprint density at radius 1 is 1.00 bits per heavy atom. The monoisotopic (exact) mass is 392 g/mol. The third-order valence-electron chi connectivity index (χ3n) is 5.12. The van der Waals surface area contributed by atoms with Crippen molar-refractivity contribution in [1.29, 1.82) is 0 Å². The molecule has 0 saturated carbocycles. The molecule has 1 saturated heterocycles. The number of nitrogens with one attached hydrogen (secondary N) is 1. The molecule has 1 aliphatic heterocycles. The third kappa shape index (κ3) is 4.50. The van der Waals surface area contributed by atoms with Crippen molar-refractivity contribution in [2.24, 2.45) is 0 Å². The van der Waals surface area contributed by atoms with Gasteiger partial charge < -0.3 is 10.1 Å². The number of hydrogen-bond acceptors (Lipinski definition) is 4. The second-order valence-corrected chi connectivity index (χ2v) is 7.65. The summed E-state index contributed by atoms with van der Waals surface area (Å²) in [6.07, 6.45) is 0. The number of benzene rings is 2. The van der Waals surface area contributed by atoms with E-state index in [2.05, 4.69) is 39.2 Å². The van der Waals surface area contributed by atoms with Gasteiger partial charge in [-0.1, -0.05) is 42.5 Å². The second kappa shape index (κ2) is 9.15. The number of carbonyl (C=O) groups is 1. The van der Waals surface area contributed by atoms with E-state index in [0.29, 0.717) is 12.1 Å². The summed E-state index contributed by atoms with van der Waals surface area (Å²) in [5, 5.41) is 7.38. The molecule has 1 N–H and O–H groups in total. The summed E-state index contributed by atoms with van der Waals surface area (Å²) in [5.74, 6) is -0.0342. The highest BCUT2D eigenvalue weighted by Crippen LogP contribution is 2.24. The molecule has 5 heteroatoms. The van der Waals surface area contributed by atoms with Crippen molar-refractivity contribution in [2.75, 3.05) is 32.8 Å². The molecule has 0 bridgehead atoms. The van der Waals surface area contributed by atoms with Gasteiger partial charge in [0, 0.05) is 25.2 Å². The van der Waals surface area contributed by atoms with Gasteiger partial charge >= 0.3 is 0 Å². The molecule has 0 radical (unpaired) electrons. The number of morpholine rings is 1. The van der Waals surface area contributed by atoms with Crippen LogP contribution < -0.4 is 5.32 Å². The van der Waals surface area contributed by atoms with Crippen molar-refractivity contribution in [3.8, 4) is 11.1 Å². The number of nitrogens with zero attached hydrogens (tertiary/aromatic N) is 1. The largest absolute Gasteiger partial charge is 0.379 e. The molecule has 2 heterocycles. The minimum absolute atomic E-state index is 0.0342. The molecule has 28 heavy (non-hydrogen) atoms. The number of hydrogen-bond donors (Lipinski definition) is 1. The molecule has 1 amide bonds. The van der Waals surface area contributed by atoms with Gasteiger partial charge in [-0.25, -0.2) is 0 Å². The lowest BCUT2D eigenvalue weighted by Gasteiger charge is -2.34. The van der Waals surface area contributed by atoms with Crippen molar-refractivity contribution >= 4 is 17.2 Å². The molecule has 3 aromatic rings. The van der Waals surface area contributed by atoms with Crippen LogP contribution in [0.15, 0.2) is 71.4 Å². The topological polar surface area (TPSA) is 41.6 Å². The Bertz CT molecular complexity index is 873. The van der Waals surface area contributed by atoms with Crippen LogP contribution in [0.5, 0.6) is 0 Å². The molecule has 1 aromatic heterocycles. The number of carbonyl (C=O) groups excluding carboxylic acids is 1. The average molecular weight is 393 g/mol. The second-order valence-electron chi connectivity index (χ2n) is 6.87. The van der Waals surface area contributed by atoms with Gasteiger partial charge in [0.15, 0.2) is 0 Å². The van der Waals surface area contributed by atoms with Crippen molar-refractivity contribution in [2.45, 2.75) is 6.04 Å². The molecule has 0 spiro atoms. The van der Waals surface area contributed by atoms with Crippen LogP contribution in [0, 0.1) is 0 Å². The summed E-state index contributed by atoms with van der Waals surface area (Å²) >= 11 is 1.69. The number of amides is 1. The highest BCUT2D eigenvalue weighted by Gasteiger charge is 2.23. The minimum Gasteiger partial charge on any atom is -0.379 e. The summed E-state index contributed by atoms with van der Waals surface area (Å²) in [6.45, 7) is 3.87. The zero-order chi connectivity index (χ0) is 19.2. The van der Waals surface area contributed by atoms with Crippen LogP contribution in [0.4, 0.5) is 0 Å². The maximum atomic E-state index is 12.7. The van der Waals surface area contributed by atoms with E-state index in [1.165, 1.54) is 5.56 Å². The standard InChI is InChI=1S/C23H24N2O2S/c26-23(20-8-6-19(7-9-20)18-4-2-1-3-5-18)24-16-22(21-10-15-28-17-21)25-11-13-27-14-12-25/h1-10,15,17,22H,11-14,16H2,(H,24,26). The lowest BCUT2D eigenvalue weighted by molar-refractivity contribution is 0.0163. The predicted octanol–water partition coefficient (Wildman–Crippen LogP) is 4.22. The Hall–Kier alpha value is -2.47. The Balaban J connectivity index is 1.42. The van der Waals surface area contributed by atoms with Gasteiger partial charge in [-0.3, -0.25) is 9.69 Å². The van der Waals surface area contributed by atoms with Gasteiger partial charge in [0.1, 0.15) is 0 Å². The van der Waals surface area contributed by atoms with E-state index in [-0.39, 0.29) is 11.9 Å². The van der Waals surface area contributed by atoms with Crippen molar-refractivity contribution in [3.63, 3.8) is 0 Å². The van der Waals surface area contributed by atoms with E-state index < -0.39 is 0 Å². The predicted molar refractivity (Wildman–Crippen MR) is 114 cm³/mol. The van der Waals surface area contributed by atoms with Gasteiger partial charge in [-0.2, -0.15) is 11.3 Å². The van der Waals surface area contributed by atoms with Gasteiger partial charge in [0.2, 0.25) is 0 Å². The zero-order valence-electron chi connectivity index (χ0n) is 15.7. The van der Waals surface area contributed by atoms with Crippen LogP contribution in [0.3, 0.4) is 0 Å². The summed E-state index contributed by atoms with van der Waals surface area (Å²) in [7, 11) is 0. The first kappa shape index (κ1) is 18.9. The first-order chi connectivity index (χ1) is 13.8.